The van der Waals surface area contributed by atoms with E-state index in [1.807, 2.05) is 24.3 Å². The first kappa shape index (κ1) is 21.2. The third-order valence-corrected chi connectivity index (χ3v) is 7.67. The Bertz CT molecular complexity index is 1170. The summed E-state index contributed by atoms with van der Waals surface area (Å²) >= 11 is 4.50. The molecule has 30 heavy (non-hydrogen) atoms. The van der Waals surface area contributed by atoms with Crippen molar-refractivity contribution in [2.45, 2.75) is 29.2 Å². The van der Waals surface area contributed by atoms with Crippen LogP contribution >= 0.6 is 12.6 Å². The normalized spacial score (nSPS) is 20.1. The second-order valence-electron chi connectivity index (χ2n) is 7.49. The molecule has 0 aliphatic carbocycles. The summed E-state index contributed by atoms with van der Waals surface area (Å²) in [5.74, 6) is -1.25. The van der Waals surface area contributed by atoms with Gasteiger partial charge in [0.05, 0.1) is 4.90 Å². The highest BCUT2D eigenvalue weighted by Gasteiger charge is 2.38. The number of thiol groups is 1. The van der Waals surface area contributed by atoms with E-state index in [2.05, 4.69) is 17.9 Å². The van der Waals surface area contributed by atoms with Crippen molar-refractivity contribution in [2.75, 3.05) is 13.1 Å². The van der Waals surface area contributed by atoms with Crippen molar-refractivity contribution in [3.8, 4) is 0 Å². The van der Waals surface area contributed by atoms with Crippen LogP contribution < -0.4 is 5.32 Å². The molecule has 0 saturated carbocycles. The number of halogens is 2. The summed E-state index contributed by atoms with van der Waals surface area (Å²) in [5, 5.41) is 4.87. The van der Waals surface area contributed by atoms with E-state index < -0.39 is 21.7 Å². The van der Waals surface area contributed by atoms with Gasteiger partial charge in [-0.15, -0.1) is 0 Å². The number of fused-ring (bicyclic) bond motifs is 1. The maximum absolute atomic E-state index is 13.8. The van der Waals surface area contributed by atoms with E-state index in [1.54, 1.807) is 18.2 Å². The molecule has 0 spiro atoms. The first-order chi connectivity index (χ1) is 14.3. The molecule has 0 radical (unpaired) electrons. The summed E-state index contributed by atoms with van der Waals surface area (Å²) in [6, 6.07) is 15.9. The van der Waals surface area contributed by atoms with E-state index >= 15 is 0 Å². The van der Waals surface area contributed by atoms with Crippen LogP contribution in [0.25, 0.3) is 10.8 Å². The van der Waals surface area contributed by atoms with Gasteiger partial charge in [0.2, 0.25) is 10.0 Å². The molecule has 0 amide bonds. The van der Waals surface area contributed by atoms with Gasteiger partial charge >= 0.3 is 0 Å². The summed E-state index contributed by atoms with van der Waals surface area (Å²) < 4.78 is 55.0. The summed E-state index contributed by atoms with van der Waals surface area (Å²) in [6.45, 7) is 0.847. The largest absolute Gasteiger partial charge is 0.311 e. The molecule has 1 N–H and O–H groups in total. The standard InChI is InChI=1S/C22H22F2N2O2S2/c23-18-7-5-17(22(24)10-18)12-25-13-19-11-20(29)14-26(19)30(27,28)21-8-6-15-3-1-2-4-16(15)9-21/h1-10,19-20,25,29H,11-14H2/t19-,20+/m0/s1. The highest BCUT2D eigenvalue weighted by Crippen LogP contribution is 2.30. The van der Waals surface area contributed by atoms with Crippen molar-refractivity contribution in [3.05, 3.63) is 77.9 Å². The van der Waals surface area contributed by atoms with Gasteiger partial charge in [-0.1, -0.05) is 36.4 Å². The number of hydrogen-bond acceptors (Lipinski definition) is 4. The average Bonchev–Trinajstić information content (AvgIpc) is 3.10. The minimum absolute atomic E-state index is 0.0745. The van der Waals surface area contributed by atoms with Gasteiger partial charge in [-0.2, -0.15) is 16.9 Å². The lowest BCUT2D eigenvalue weighted by Crippen LogP contribution is -2.41. The SMILES string of the molecule is O=S(=O)(c1ccc2ccccc2c1)N1C[C@H](S)C[C@H]1CNCc1ccc(F)cc1F. The highest BCUT2D eigenvalue weighted by atomic mass is 32.2. The van der Waals surface area contributed by atoms with Gasteiger partial charge in [-0.25, -0.2) is 17.2 Å². The van der Waals surface area contributed by atoms with E-state index in [4.69, 9.17) is 0 Å². The summed E-state index contributed by atoms with van der Waals surface area (Å²) in [6.07, 6.45) is 0.592. The molecule has 1 fully saturated rings. The molecule has 0 aromatic heterocycles. The van der Waals surface area contributed by atoms with E-state index in [1.165, 1.54) is 16.4 Å². The second-order valence-corrected chi connectivity index (χ2v) is 10.1. The van der Waals surface area contributed by atoms with Crippen LogP contribution in [0.5, 0.6) is 0 Å². The zero-order chi connectivity index (χ0) is 21.3. The number of benzene rings is 3. The van der Waals surface area contributed by atoms with Crippen LogP contribution in [-0.4, -0.2) is 37.1 Å². The Morgan fingerprint density at radius 3 is 2.57 bits per heavy atom. The van der Waals surface area contributed by atoms with Crippen LogP contribution in [0.2, 0.25) is 0 Å². The Hall–Kier alpha value is -2.00. The lowest BCUT2D eigenvalue weighted by Gasteiger charge is -2.24. The van der Waals surface area contributed by atoms with Crippen molar-refractivity contribution >= 4 is 33.4 Å². The quantitative estimate of drug-likeness (QED) is 0.561. The van der Waals surface area contributed by atoms with Gasteiger partial charge in [-0.05, 0) is 35.4 Å². The summed E-state index contributed by atoms with van der Waals surface area (Å²) in [5.41, 5.74) is 0.334. The lowest BCUT2D eigenvalue weighted by atomic mass is 10.1. The average molecular weight is 449 g/mol. The van der Waals surface area contributed by atoms with Crippen molar-refractivity contribution in [3.63, 3.8) is 0 Å². The number of rotatable bonds is 6. The van der Waals surface area contributed by atoms with Gasteiger partial charge in [0, 0.05) is 42.6 Å². The third kappa shape index (κ3) is 4.37. The van der Waals surface area contributed by atoms with Gasteiger partial charge < -0.3 is 5.32 Å². The van der Waals surface area contributed by atoms with Crippen molar-refractivity contribution in [1.82, 2.24) is 9.62 Å². The zero-order valence-corrected chi connectivity index (χ0v) is 17.8. The Balaban J connectivity index is 1.50. The van der Waals surface area contributed by atoms with Crippen molar-refractivity contribution in [1.29, 1.82) is 0 Å². The maximum Gasteiger partial charge on any atom is 0.243 e. The number of nitrogens with one attached hydrogen (secondary N) is 1. The number of nitrogens with zero attached hydrogens (tertiary/aromatic N) is 1. The van der Waals surface area contributed by atoms with Crippen LogP contribution in [0.3, 0.4) is 0 Å². The van der Waals surface area contributed by atoms with Crippen molar-refractivity contribution < 1.29 is 17.2 Å². The third-order valence-electron chi connectivity index (χ3n) is 5.38. The minimum Gasteiger partial charge on any atom is -0.311 e. The number of hydrogen-bond donors (Lipinski definition) is 2. The molecule has 0 unspecified atom stereocenters. The minimum atomic E-state index is -3.70. The van der Waals surface area contributed by atoms with E-state index in [0.29, 0.717) is 25.1 Å². The van der Waals surface area contributed by atoms with Crippen LogP contribution in [0, 0.1) is 11.6 Å². The van der Waals surface area contributed by atoms with Gasteiger partial charge in [0.1, 0.15) is 11.6 Å². The smallest absolute Gasteiger partial charge is 0.243 e. The van der Waals surface area contributed by atoms with Crippen LogP contribution in [0.4, 0.5) is 8.78 Å². The molecule has 1 heterocycles. The lowest BCUT2D eigenvalue weighted by molar-refractivity contribution is 0.370. The molecule has 1 saturated heterocycles. The van der Waals surface area contributed by atoms with Gasteiger partial charge in [-0.3, -0.25) is 0 Å². The molecule has 8 heteroatoms. The van der Waals surface area contributed by atoms with Gasteiger partial charge in [0.25, 0.3) is 0 Å². The Morgan fingerprint density at radius 2 is 1.80 bits per heavy atom. The fourth-order valence-electron chi connectivity index (χ4n) is 3.84. The second kappa shape index (κ2) is 8.63. The summed E-state index contributed by atoms with van der Waals surface area (Å²) in [7, 11) is -3.70. The Kier molecular flexibility index (Phi) is 6.11. The molecule has 4 rings (SSSR count). The molecule has 4 nitrogen and oxygen atoms in total. The number of sulfonamides is 1. The molecule has 3 aromatic carbocycles. The fourth-order valence-corrected chi connectivity index (χ4v) is 6.09. The molecule has 3 aromatic rings. The molecule has 2 atom stereocenters. The van der Waals surface area contributed by atoms with Crippen LogP contribution in [-0.2, 0) is 16.6 Å². The maximum atomic E-state index is 13.8. The van der Waals surface area contributed by atoms with Crippen LogP contribution in [0.15, 0.2) is 65.6 Å². The Labute approximate surface area is 180 Å². The fraction of sp³-hybridized carbons (Fsp3) is 0.273. The first-order valence-corrected chi connectivity index (χ1v) is 11.6. The van der Waals surface area contributed by atoms with E-state index in [0.717, 1.165) is 16.8 Å². The molecular weight excluding hydrogens is 426 g/mol. The highest BCUT2D eigenvalue weighted by molar-refractivity contribution is 7.89. The molecular formula is C22H22F2N2O2S2. The van der Waals surface area contributed by atoms with E-state index in [-0.39, 0.29) is 22.7 Å². The predicted molar refractivity (Wildman–Crippen MR) is 117 cm³/mol. The van der Waals surface area contributed by atoms with Gasteiger partial charge in [0.15, 0.2) is 0 Å². The summed E-state index contributed by atoms with van der Waals surface area (Å²) in [4.78, 5) is 0.248. The molecule has 1 aliphatic rings. The zero-order valence-electron chi connectivity index (χ0n) is 16.1. The Morgan fingerprint density at radius 1 is 1.03 bits per heavy atom. The van der Waals surface area contributed by atoms with E-state index in [9.17, 15) is 17.2 Å². The molecule has 0 bridgehead atoms. The molecule has 158 valence electrons. The first-order valence-electron chi connectivity index (χ1n) is 9.68. The monoisotopic (exact) mass is 448 g/mol. The van der Waals surface area contributed by atoms with Crippen LogP contribution in [0.1, 0.15) is 12.0 Å². The predicted octanol–water partition coefficient (Wildman–Crippen LogP) is 3.97. The van der Waals surface area contributed by atoms with Crippen molar-refractivity contribution in [2.24, 2.45) is 0 Å². The molecule has 1 aliphatic heterocycles. The topological polar surface area (TPSA) is 49.4 Å².